The fraction of sp³-hybridized carbons (Fsp3) is 0.263. The molecule has 0 radical (unpaired) electrons. The molecule has 2 amide bonds. The summed E-state index contributed by atoms with van der Waals surface area (Å²) in [6, 6.07) is 13.1. The molecular formula is C19H23N3O2. The molecular weight excluding hydrogens is 302 g/mol. The zero-order chi connectivity index (χ0) is 17.5. The van der Waals surface area contributed by atoms with E-state index in [-0.39, 0.29) is 18.4 Å². The largest absolute Gasteiger partial charge is 0.376 e. The van der Waals surface area contributed by atoms with Crippen molar-refractivity contribution in [2.75, 3.05) is 22.5 Å². The van der Waals surface area contributed by atoms with Gasteiger partial charge in [0.15, 0.2) is 0 Å². The zero-order valence-electron chi connectivity index (χ0n) is 14.3. The number of nitrogens with one attached hydrogen (secondary N) is 3. The van der Waals surface area contributed by atoms with Crippen LogP contribution < -0.4 is 16.0 Å². The molecule has 5 heteroatoms. The Morgan fingerprint density at radius 3 is 2.21 bits per heavy atom. The van der Waals surface area contributed by atoms with Crippen LogP contribution in [-0.2, 0) is 9.59 Å². The summed E-state index contributed by atoms with van der Waals surface area (Å²) in [6.45, 7) is 6.00. The highest BCUT2D eigenvalue weighted by Crippen LogP contribution is 2.16. The third-order valence-electron chi connectivity index (χ3n) is 3.71. The third kappa shape index (κ3) is 5.12. The van der Waals surface area contributed by atoms with Gasteiger partial charge in [0.2, 0.25) is 11.8 Å². The van der Waals surface area contributed by atoms with E-state index >= 15 is 0 Å². The standard InChI is InChI=1S/C19H23N3O2/c1-4-18(23)21-16-7-5-6-15(11-16)20-12-19(24)22-17-9-8-13(2)14(3)10-17/h5-11,20H,4,12H2,1-3H3,(H,21,23)(H,22,24). The summed E-state index contributed by atoms with van der Waals surface area (Å²) in [6.07, 6.45) is 0.427. The molecule has 0 aliphatic heterocycles. The average Bonchev–Trinajstić information content (AvgIpc) is 2.56. The predicted octanol–water partition coefficient (Wildman–Crippen LogP) is 3.70. The number of benzene rings is 2. The van der Waals surface area contributed by atoms with Crippen molar-refractivity contribution in [1.82, 2.24) is 0 Å². The average molecular weight is 325 g/mol. The molecule has 0 heterocycles. The molecule has 0 aliphatic carbocycles. The highest BCUT2D eigenvalue weighted by Gasteiger charge is 2.05. The maximum Gasteiger partial charge on any atom is 0.243 e. The second-order valence-electron chi connectivity index (χ2n) is 5.68. The Labute approximate surface area is 142 Å². The van der Waals surface area contributed by atoms with Crippen LogP contribution in [0.4, 0.5) is 17.1 Å². The van der Waals surface area contributed by atoms with Crippen LogP contribution in [0.25, 0.3) is 0 Å². The maximum atomic E-state index is 12.0. The lowest BCUT2D eigenvalue weighted by Crippen LogP contribution is -2.21. The number of rotatable bonds is 6. The summed E-state index contributed by atoms with van der Waals surface area (Å²) in [7, 11) is 0. The molecule has 0 saturated heterocycles. The smallest absolute Gasteiger partial charge is 0.243 e. The van der Waals surface area contributed by atoms with E-state index in [1.54, 1.807) is 13.0 Å². The van der Waals surface area contributed by atoms with E-state index < -0.39 is 0 Å². The molecule has 2 aromatic carbocycles. The molecule has 2 rings (SSSR count). The van der Waals surface area contributed by atoms with E-state index in [1.807, 2.05) is 50.2 Å². The molecule has 24 heavy (non-hydrogen) atoms. The van der Waals surface area contributed by atoms with Gasteiger partial charge < -0.3 is 16.0 Å². The van der Waals surface area contributed by atoms with Gasteiger partial charge in [-0.05, 0) is 55.3 Å². The lowest BCUT2D eigenvalue weighted by Gasteiger charge is -2.10. The van der Waals surface area contributed by atoms with E-state index in [0.29, 0.717) is 12.1 Å². The first-order valence-electron chi connectivity index (χ1n) is 7.99. The number of hydrogen-bond donors (Lipinski definition) is 3. The first-order chi connectivity index (χ1) is 11.5. The van der Waals surface area contributed by atoms with Crippen LogP contribution >= 0.6 is 0 Å². The second kappa shape index (κ2) is 8.15. The summed E-state index contributed by atoms with van der Waals surface area (Å²) >= 11 is 0. The number of anilines is 3. The van der Waals surface area contributed by atoms with Crippen molar-refractivity contribution in [2.24, 2.45) is 0 Å². The zero-order valence-corrected chi connectivity index (χ0v) is 14.3. The van der Waals surface area contributed by atoms with Crippen LogP contribution in [0.15, 0.2) is 42.5 Å². The molecule has 3 N–H and O–H groups in total. The van der Waals surface area contributed by atoms with Crippen molar-refractivity contribution in [1.29, 1.82) is 0 Å². The Bertz CT molecular complexity index is 741. The molecule has 0 saturated carbocycles. The summed E-state index contributed by atoms with van der Waals surface area (Å²) < 4.78 is 0. The van der Waals surface area contributed by atoms with Crippen molar-refractivity contribution in [2.45, 2.75) is 27.2 Å². The van der Waals surface area contributed by atoms with Crippen LogP contribution in [0.1, 0.15) is 24.5 Å². The third-order valence-corrected chi connectivity index (χ3v) is 3.71. The molecule has 0 atom stereocenters. The van der Waals surface area contributed by atoms with Gasteiger partial charge in [0.05, 0.1) is 6.54 Å². The Balaban J connectivity index is 1.90. The van der Waals surface area contributed by atoms with Crippen LogP contribution in [0.5, 0.6) is 0 Å². The van der Waals surface area contributed by atoms with Crippen LogP contribution in [-0.4, -0.2) is 18.4 Å². The van der Waals surface area contributed by atoms with Crippen LogP contribution in [0, 0.1) is 13.8 Å². The summed E-state index contributed by atoms with van der Waals surface area (Å²) in [4.78, 5) is 23.5. The highest BCUT2D eigenvalue weighted by molar-refractivity contribution is 5.94. The maximum absolute atomic E-state index is 12.0. The Kier molecular flexibility index (Phi) is 5.95. The van der Waals surface area contributed by atoms with Crippen LogP contribution in [0.3, 0.4) is 0 Å². The predicted molar refractivity (Wildman–Crippen MR) is 98.4 cm³/mol. The Morgan fingerprint density at radius 1 is 0.833 bits per heavy atom. The molecule has 5 nitrogen and oxygen atoms in total. The van der Waals surface area contributed by atoms with E-state index in [2.05, 4.69) is 16.0 Å². The number of carbonyl (C=O) groups excluding carboxylic acids is 2. The molecule has 126 valence electrons. The molecule has 0 aliphatic rings. The molecule has 0 unspecified atom stereocenters. The van der Waals surface area contributed by atoms with Gasteiger partial charge in [0.1, 0.15) is 0 Å². The van der Waals surface area contributed by atoms with E-state index in [1.165, 1.54) is 5.56 Å². The quantitative estimate of drug-likeness (QED) is 0.758. The summed E-state index contributed by atoms with van der Waals surface area (Å²) in [5.41, 5.74) is 4.60. The number of amides is 2. The fourth-order valence-electron chi connectivity index (χ4n) is 2.16. The molecule has 2 aromatic rings. The highest BCUT2D eigenvalue weighted by atomic mass is 16.2. The molecule has 0 bridgehead atoms. The van der Waals surface area contributed by atoms with E-state index in [0.717, 1.165) is 16.9 Å². The minimum absolute atomic E-state index is 0.0420. The number of aryl methyl sites for hydroxylation is 2. The lowest BCUT2D eigenvalue weighted by atomic mass is 10.1. The molecule has 0 aromatic heterocycles. The second-order valence-corrected chi connectivity index (χ2v) is 5.68. The van der Waals surface area contributed by atoms with Gasteiger partial charge in [0, 0.05) is 23.5 Å². The van der Waals surface area contributed by atoms with Gasteiger partial charge in [-0.15, -0.1) is 0 Å². The monoisotopic (exact) mass is 325 g/mol. The van der Waals surface area contributed by atoms with Crippen molar-refractivity contribution in [3.8, 4) is 0 Å². The first kappa shape index (κ1) is 17.5. The van der Waals surface area contributed by atoms with Gasteiger partial charge in [0.25, 0.3) is 0 Å². The van der Waals surface area contributed by atoms with Gasteiger partial charge in [-0.1, -0.05) is 19.1 Å². The molecule has 0 fully saturated rings. The first-order valence-corrected chi connectivity index (χ1v) is 7.99. The van der Waals surface area contributed by atoms with E-state index in [4.69, 9.17) is 0 Å². The van der Waals surface area contributed by atoms with Gasteiger partial charge in [-0.2, -0.15) is 0 Å². The minimum Gasteiger partial charge on any atom is -0.376 e. The molecule has 0 spiro atoms. The van der Waals surface area contributed by atoms with Crippen LogP contribution in [0.2, 0.25) is 0 Å². The van der Waals surface area contributed by atoms with Gasteiger partial charge >= 0.3 is 0 Å². The topological polar surface area (TPSA) is 70.2 Å². The van der Waals surface area contributed by atoms with Crippen molar-refractivity contribution < 1.29 is 9.59 Å². The number of carbonyl (C=O) groups is 2. The summed E-state index contributed by atoms with van der Waals surface area (Å²) in [5.74, 6) is -0.166. The lowest BCUT2D eigenvalue weighted by molar-refractivity contribution is -0.116. The van der Waals surface area contributed by atoms with Crippen molar-refractivity contribution >= 4 is 28.9 Å². The SMILES string of the molecule is CCC(=O)Nc1cccc(NCC(=O)Nc2ccc(C)c(C)c2)c1. The normalized spacial score (nSPS) is 10.1. The minimum atomic E-state index is -0.124. The van der Waals surface area contributed by atoms with Crippen molar-refractivity contribution in [3.63, 3.8) is 0 Å². The van der Waals surface area contributed by atoms with Crippen molar-refractivity contribution in [3.05, 3.63) is 53.6 Å². The Hall–Kier alpha value is -2.82. The summed E-state index contributed by atoms with van der Waals surface area (Å²) in [5, 5.41) is 8.72. The van der Waals surface area contributed by atoms with Gasteiger partial charge in [-0.25, -0.2) is 0 Å². The Morgan fingerprint density at radius 2 is 1.50 bits per heavy atom. The van der Waals surface area contributed by atoms with E-state index in [9.17, 15) is 9.59 Å². The number of hydrogen-bond acceptors (Lipinski definition) is 3. The fourth-order valence-corrected chi connectivity index (χ4v) is 2.16. The van der Waals surface area contributed by atoms with Gasteiger partial charge in [-0.3, -0.25) is 9.59 Å².